The Kier molecular flexibility index (Phi) is 5.91. The van der Waals surface area contributed by atoms with Crippen molar-refractivity contribution in [2.24, 2.45) is 11.8 Å². The molecule has 0 aromatic heterocycles. The maximum atomic E-state index is 3.75. The predicted molar refractivity (Wildman–Crippen MR) is 52.6 cm³/mol. The lowest BCUT2D eigenvalue weighted by atomic mass is 10.1. The summed E-state index contributed by atoms with van der Waals surface area (Å²) in [6.45, 7) is 10.4. The Balaban J connectivity index is 3.33. The molecule has 0 saturated heterocycles. The smallest absolute Gasteiger partial charge is 0.0262 e. The Morgan fingerprint density at radius 3 is 2.36 bits per heavy atom. The van der Waals surface area contributed by atoms with Crippen molar-refractivity contribution in [1.82, 2.24) is 0 Å². The van der Waals surface area contributed by atoms with E-state index in [1.54, 1.807) is 0 Å². The number of hydrogen-bond acceptors (Lipinski definition) is 0. The van der Waals surface area contributed by atoms with Crippen molar-refractivity contribution in [1.29, 1.82) is 0 Å². The molecule has 0 aliphatic carbocycles. The Bertz CT molecular complexity index is 120. The molecule has 0 heteroatoms. The van der Waals surface area contributed by atoms with Gasteiger partial charge in [-0.1, -0.05) is 39.0 Å². The van der Waals surface area contributed by atoms with Crippen molar-refractivity contribution in [2.45, 2.75) is 33.6 Å². The van der Waals surface area contributed by atoms with Gasteiger partial charge >= 0.3 is 0 Å². The minimum absolute atomic E-state index is 0.659. The summed E-state index contributed by atoms with van der Waals surface area (Å²) in [5.74, 6) is 1.35. The molecule has 11 heavy (non-hydrogen) atoms. The van der Waals surface area contributed by atoms with E-state index in [-0.39, 0.29) is 0 Å². The lowest BCUT2D eigenvalue weighted by Crippen LogP contribution is -1.86. The van der Waals surface area contributed by atoms with Gasteiger partial charge in [-0.25, -0.2) is 0 Å². The number of hydrogen-bond donors (Lipinski definition) is 0. The normalized spacial score (nSPS) is 14.2. The molecule has 0 bridgehead atoms. The summed E-state index contributed by atoms with van der Waals surface area (Å²) >= 11 is 0. The second kappa shape index (κ2) is 6.21. The summed E-state index contributed by atoms with van der Waals surface area (Å²) in [5, 5.41) is 0. The molecule has 0 aromatic carbocycles. The largest absolute Gasteiger partial charge is 0.103 e. The first-order valence-electron chi connectivity index (χ1n) is 4.46. The summed E-state index contributed by atoms with van der Waals surface area (Å²) in [6, 6.07) is 0. The van der Waals surface area contributed by atoms with Crippen LogP contribution in [0.25, 0.3) is 0 Å². The van der Waals surface area contributed by atoms with E-state index in [0.29, 0.717) is 11.8 Å². The second-order valence-corrected chi connectivity index (χ2v) is 3.46. The van der Waals surface area contributed by atoms with Crippen molar-refractivity contribution in [3.8, 4) is 0 Å². The minimum Gasteiger partial charge on any atom is -0.103 e. The fourth-order valence-corrected chi connectivity index (χ4v) is 0.845. The van der Waals surface area contributed by atoms with E-state index >= 15 is 0 Å². The molecule has 0 N–H and O–H groups in total. The van der Waals surface area contributed by atoms with Gasteiger partial charge in [0.25, 0.3) is 0 Å². The number of rotatable bonds is 5. The Morgan fingerprint density at radius 1 is 1.27 bits per heavy atom. The Labute approximate surface area is 71.0 Å². The molecular formula is C11H20. The van der Waals surface area contributed by atoms with Crippen LogP contribution < -0.4 is 0 Å². The summed E-state index contributed by atoms with van der Waals surface area (Å²) in [5.41, 5.74) is 0. The Hall–Kier alpha value is -0.520. The predicted octanol–water partition coefficient (Wildman–Crippen LogP) is 3.80. The third kappa shape index (κ3) is 7.38. The molecule has 0 amide bonds. The molecule has 0 aliphatic rings. The van der Waals surface area contributed by atoms with E-state index in [9.17, 15) is 0 Å². The molecule has 1 unspecified atom stereocenters. The van der Waals surface area contributed by atoms with Gasteiger partial charge < -0.3 is 0 Å². The van der Waals surface area contributed by atoms with Crippen LogP contribution in [-0.4, -0.2) is 0 Å². The number of allylic oxidation sites excluding steroid dienone is 3. The average molecular weight is 152 g/mol. The molecule has 0 radical (unpaired) electrons. The molecule has 0 aliphatic heterocycles. The van der Waals surface area contributed by atoms with E-state index in [1.807, 2.05) is 6.08 Å². The van der Waals surface area contributed by atoms with Crippen LogP contribution >= 0.6 is 0 Å². The van der Waals surface area contributed by atoms with Crippen molar-refractivity contribution in [2.75, 3.05) is 0 Å². The molecule has 0 aromatic rings. The van der Waals surface area contributed by atoms with Gasteiger partial charge in [-0.3, -0.25) is 0 Å². The van der Waals surface area contributed by atoms with E-state index in [1.165, 1.54) is 12.8 Å². The van der Waals surface area contributed by atoms with E-state index < -0.39 is 0 Å². The van der Waals surface area contributed by atoms with Gasteiger partial charge in [0.15, 0.2) is 0 Å². The highest BCUT2D eigenvalue weighted by Crippen LogP contribution is 2.07. The van der Waals surface area contributed by atoms with E-state index in [2.05, 4.69) is 39.5 Å². The van der Waals surface area contributed by atoms with Gasteiger partial charge in [-0.2, -0.15) is 0 Å². The highest BCUT2D eigenvalue weighted by atomic mass is 14.0. The van der Waals surface area contributed by atoms with Crippen LogP contribution in [0.1, 0.15) is 33.6 Å². The molecule has 1 atom stereocenters. The highest BCUT2D eigenvalue weighted by Gasteiger charge is 1.92. The monoisotopic (exact) mass is 152 g/mol. The van der Waals surface area contributed by atoms with Crippen molar-refractivity contribution in [3.05, 3.63) is 24.8 Å². The lowest BCUT2D eigenvalue weighted by molar-refractivity contribution is 0.656. The zero-order valence-corrected chi connectivity index (χ0v) is 8.01. The molecular weight excluding hydrogens is 132 g/mol. The molecule has 64 valence electrons. The first-order chi connectivity index (χ1) is 5.16. The quantitative estimate of drug-likeness (QED) is 0.526. The van der Waals surface area contributed by atoms with Gasteiger partial charge in [0.2, 0.25) is 0 Å². The summed E-state index contributed by atoms with van der Waals surface area (Å²) in [6.07, 6.45) is 8.96. The first-order valence-corrected chi connectivity index (χ1v) is 4.46. The molecule has 0 rings (SSSR count). The summed E-state index contributed by atoms with van der Waals surface area (Å²) < 4.78 is 0. The average Bonchev–Trinajstić information content (AvgIpc) is 1.97. The van der Waals surface area contributed by atoms with Gasteiger partial charge in [0, 0.05) is 0 Å². The summed E-state index contributed by atoms with van der Waals surface area (Å²) in [4.78, 5) is 0. The van der Waals surface area contributed by atoms with Crippen LogP contribution in [0.4, 0.5) is 0 Å². The molecule has 0 spiro atoms. The zero-order chi connectivity index (χ0) is 8.69. The lowest BCUT2D eigenvalue weighted by Gasteiger charge is -2.01. The van der Waals surface area contributed by atoms with Gasteiger partial charge in [0.1, 0.15) is 0 Å². The van der Waals surface area contributed by atoms with Gasteiger partial charge in [-0.05, 0) is 24.7 Å². The van der Waals surface area contributed by atoms with Crippen LogP contribution in [0.5, 0.6) is 0 Å². The molecule has 0 saturated carbocycles. The topological polar surface area (TPSA) is 0 Å². The second-order valence-electron chi connectivity index (χ2n) is 3.46. The maximum absolute atomic E-state index is 3.75. The van der Waals surface area contributed by atoms with Gasteiger partial charge in [0.05, 0.1) is 0 Å². The van der Waals surface area contributed by atoms with Crippen LogP contribution in [0, 0.1) is 11.8 Å². The van der Waals surface area contributed by atoms with E-state index in [4.69, 9.17) is 0 Å². The molecule has 0 heterocycles. The van der Waals surface area contributed by atoms with Crippen molar-refractivity contribution >= 4 is 0 Å². The van der Waals surface area contributed by atoms with Gasteiger partial charge in [-0.15, -0.1) is 6.58 Å². The minimum atomic E-state index is 0.659. The SMILES string of the molecule is C=CC(C)CCC=CC(C)C. The molecule has 0 fully saturated rings. The third-order valence-corrected chi connectivity index (χ3v) is 1.71. The standard InChI is InChI=1S/C11H20/c1-5-11(4)9-7-6-8-10(2)3/h5-6,8,10-11H,1,7,9H2,2-4H3. The van der Waals surface area contributed by atoms with Crippen LogP contribution in [0.2, 0.25) is 0 Å². The Morgan fingerprint density at radius 2 is 1.91 bits per heavy atom. The highest BCUT2D eigenvalue weighted by molar-refractivity contribution is 4.86. The first kappa shape index (κ1) is 10.5. The third-order valence-electron chi connectivity index (χ3n) is 1.71. The van der Waals surface area contributed by atoms with Crippen LogP contribution in [-0.2, 0) is 0 Å². The fourth-order valence-electron chi connectivity index (χ4n) is 0.845. The van der Waals surface area contributed by atoms with Crippen molar-refractivity contribution in [3.63, 3.8) is 0 Å². The summed E-state index contributed by atoms with van der Waals surface area (Å²) in [7, 11) is 0. The van der Waals surface area contributed by atoms with Crippen molar-refractivity contribution < 1.29 is 0 Å². The fraction of sp³-hybridized carbons (Fsp3) is 0.636. The zero-order valence-electron chi connectivity index (χ0n) is 8.01. The molecule has 0 nitrogen and oxygen atoms in total. The van der Waals surface area contributed by atoms with Crippen LogP contribution in [0.15, 0.2) is 24.8 Å². The van der Waals surface area contributed by atoms with E-state index in [0.717, 1.165) is 0 Å². The van der Waals surface area contributed by atoms with Crippen LogP contribution in [0.3, 0.4) is 0 Å². The maximum Gasteiger partial charge on any atom is -0.0262 e.